The van der Waals surface area contributed by atoms with E-state index >= 15 is 0 Å². The van der Waals surface area contributed by atoms with E-state index in [0.29, 0.717) is 37.4 Å². The first-order valence-corrected chi connectivity index (χ1v) is 6.04. The molecule has 0 saturated heterocycles. The third-order valence-corrected chi connectivity index (χ3v) is 2.06. The van der Waals surface area contributed by atoms with Crippen molar-refractivity contribution in [3.8, 4) is 0 Å². The molecule has 6 heteroatoms. The van der Waals surface area contributed by atoms with Gasteiger partial charge in [-0.05, 0) is 5.92 Å². The fourth-order valence-electron chi connectivity index (χ4n) is 1.38. The molecule has 0 radical (unpaired) electrons. The zero-order chi connectivity index (χ0) is 13.4. The van der Waals surface area contributed by atoms with Gasteiger partial charge in [0.2, 0.25) is 11.9 Å². The van der Waals surface area contributed by atoms with Gasteiger partial charge in [-0.2, -0.15) is 15.0 Å². The molecule has 1 aromatic heterocycles. The number of rotatable bonds is 8. The Kier molecular flexibility index (Phi) is 6.07. The van der Waals surface area contributed by atoms with Crippen molar-refractivity contribution >= 4 is 11.9 Å². The van der Waals surface area contributed by atoms with Crippen molar-refractivity contribution in [2.24, 2.45) is 5.92 Å². The summed E-state index contributed by atoms with van der Waals surface area (Å²) < 4.78 is 5.25. The fraction of sp³-hybridized carbons (Fsp3) is 0.583. The maximum absolute atomic E-state index is 5.64. The molecule has 18 heavy (non-hydrogen) atoms. The van der Waals surface area contributed by atoms with Crippen molar-refractivity contribution in [2.75, 3.05) is 30.8 Å². The van der Waals surface area contributed by atoms with Gasteiger partial charge in [0.05, 0.1) is 13.2 Å². The lowest BCUT2D eigenvalue weighted by Crippen LogP contribution is -2.14. The highest BCUT2D eigenvalue weighted by Gasteiger charge is 2.05. The summed E-state index contributed by atoms with van der Waals surface area (Å²) in [5.74, 6) is 1.94. The molecule has 3 N–H and O–H groups in total. The molecule has 0 spiro atoms. The second-order valence-electron chi connectivity index (χ2n) is 4.32. The van der Waals surface area contributed by atoms with Crippen LogP contribution in [0.25, 0.3) is 0 Å². The van der Waals surface area contributed by atoms with Crippen LogP contribution >= 0.6 is 0 Å². The Morgan fingerprint density at radius 1 is 1.39 bits per heavy atom. The Bertz CT molecular complexity index is 381. The summed E-state index contributed by atoms with van der Waals surface area (Å²) in [5.41, 5.74) is 5.64. The first-order chi connectivity index (χ1) is 8.61. The Balaban J connectivity index is 2.49. The zero-order valence-corrected chi connectivity index (χ0v) is 11.0. The minimum Gasteiger partial charge on any atom is -0.376 e. The van der Waals surface area contributed by atoms with Gasteiger partial charge >= 0.3 is 0 Å². The molecular formula is C12H21N5O. The van der Waals surface area contributed by atoms with E-state index in [-0.39, 0.29) is 5.95 Å². The van der Waals surface area contributed by atoms with Gasteiger partial charge in [0.15, 0.2) is 0 Å². The Labute approximate surface area is 108 Å². The van der Waals surface area contributed by atoms with Gasteiger partial charge in [-0.15, -0.1) is 6.58 Å². The number of nitrogens with one attached hydrogen (secondary N) is 1. The largest absolute Gasteiger partial charge is 0.376 e. The minimum absolute atomic E-state index is 0.246. The van der Waals surface area contributed by atoms with E-state index in [1.54, 1.807) is 6.08 Å². The molecule has 0 unspecified atom stereocenters. The summed E-state index contributed by atoms with van der Waals surface area (Å²) in [5, 5.41) is 3.06. The Morgan fingerprint density at radius 2 is 2.17 bits per heavy atom. The first kappa shape index (κ1) is 14.4. The minimum atomic E-state index is 0.246. The van der Waals surface area contributed by atoms with Crippen LogP contribution in [0.2, 0.25) is 0 Å². The summed E-state index contributed by atoms with van der Waals surface area (Å²) in [6.45, 7) is 9.52. The number of ether oxygens (including phenoxy) is 1. The monoisotopic (exact) mass is 251 g/mol. The molecule has 0 atom stereocenters. The summed E-state index contributed by atoms with van der Waals surface area (Å²) in [6, 6.07) is 0. The standard InChI is InChI=1S/C12H21N5O/c1-4-6-18-7-5-14-12-16-10(8-9(2)3)15-11(13)17-12/h4,9H,1,5-8H2,2-3H3,(H3,13,14,15,16,17). The predicted molar refractivity (Wildman–Crippen MR) is 72.3 cm³/mol. The van der Waals surface area contributed by atoms with E-state index in [9.17, 15) is 0 Å². The lowest BCUT2D eigenvalue weighted by Gasteiger charge is -2.08. The molecule has 0 fully saturated rings. The molecule has 0 aromatic carbocycles. The number of nitrogen functional groups attached to an aromatic ring is 1. The van der Waals surface area contributed by atoms with Crippen molar-refractivity contribution in [1.82, 2.24) is 15.0 Å². The third-order valence-electron chi connectivity index (χ3n) is 2.06. The maximum atomic E-state index is 5.64. The van der Waals surface area contributed by atoms with Crippen LogP contribution in [0, 0.1) is 5.92 Å². The normalized spacial score (nSPS) is 10.6. The van der Waals surface area contributed by atoms with Crippen LogP contribution in [0.15, 0.2) is 12.7 Å². The molecule has 6 nitrogen and oxygen atoms in total. The van der Waals surface area contributed by atoms with Crippen molar-refractivity contribution in [3.05, 3.63) is 18.5 Å². The van der Waals surface area contributed by atoms with E-state index in [1.165, 1.54) is 0 Å². The zero-order valence-electron chi connectivity index (χ0n) is 11.0. The maximum Gasteiger partial charge on any atom is 0.227 e. The highest BCUT2D eigenvalue weighted by molar-refractivity contribution is 5.30. The van der Waals surface area contributed by atoms with Crippen molar-refractivity contribution in [3.63, 3.8) is 0 Å². The van der Waals surface area contributed by atoms with Crippen molar-refractivity contribution < 1.29 is 4.74 Å². The average molecular weight is 251 g/mol. The number of hydrogen-bond acceptors (Lipinski definition) is 6. The van der Waals surface area contributed by atoms with Crippen molar-refractivity contribution in [2.45, 2.75) is 20.3 Å². The van der Waals surface area contributed by atoms with Crippen LogP contribution in [0.4, 0.5) is 11.9 Å². The summed E-state index contributed by atoms with van der Waals surface area (Å²) in [7, 11) is 0. The number of nitrogens with two attached hydrogens (primary N) is 1. The van der Waals surface area contributed by atoms with Crippen molar-refractivity contribution in [1.29, 1.82) is 0 Å². The smallest absolute Gasteiger partial charge is 0.227 e. The van der Waals surface area contributed by atoms with Crippen LogP contribution in [0.3, 0.4) is 0 Å². The van der Waals surface area contributed by atoms with Gasteiger partial charge in [-0.3, -0.25) is 0 Å². The number of hydrogen-bond donors (Lipinski definition) is 2. The highest BCUT2D eigenvalue weighted by Crippen LogP contribution is 2.07. The molecule has 0 bridgehead atoms. The summed E-state index contributed by atoms with van der Waals surface area (Å²) in [4.78, 5) is 12.4. The molecule has 1 heterocycles. The SMILES string of the molecule is C=CCOCCNc1nc(N)nc(CC(C)C)n1. The first-order valence-electron chi connectivity index (χ1n) is 6.04. The van der Waals surface area contributed by atoms with Crippen LogP contribution in [0.1, 0.15) is 19.7 Å². The summed E-state index contributed by atoms with van der Waals surface area (Å²) >= 11 is 0. The van der Waals surface area contributed by atoms with E-state index < -0.39 is 0 Å². The third kappa shape index (κ3) is 5.58. The number of anilines is 2. The van der Waals surface area contributed by atoms with Gasteiger partial charge in [-0.25, -0.2) is 0 Å². The molecule has 1 aromatic rings. The molecule has 0 aliphatic rings. The Morgan fingerprint density at radius 3 is 2.83 bits per heavy atom. The van der Waals surface area contributed by atoms with E-state index in [4.69, 9.17) is 10.5 Å². The second-order valence-corrected chi connectivity index (χ2v) is 4.32. The number of nitrogens with zero attached hydrogens (tertiary/aromatic N) is 3. The molecule has 1 rings (SSSR count). The predicted octanol–water partition coefficient (Wildman–Crippen LogP) is 1.27. The van der Waals surface area contributed by atoms with Crippen LogP contribution in [0.5, 0.6) is 0 Å². The van der Waals surface area contributed by atoms with Gasteiger partial charge in [0, 0.05) is 13.0 Å². The van der Waals surface area contributed by atoms with Gasteiger partial charge in [-0.1, -0.05) is 19.9 Å². The fourth-order valence-corrected chi connectivity index (χ4v) is 1.38. The van der Waals surface area contributed by atoms with Crippen LogP contribution < -0.4 is 11.1 Å². The number of aromatic nitrogens is 3. The second kappa shape index (κ2) is 7.60. The van der Waals surface area contributed by atoms with Gasteiger partial charge in [0.25, 0.3) is 0 Å². The molecule has 0 saturated carbocycles. The molecule has 0 aliphatic heterocycles. The van der Waals surface area contributed by atoms with Crippen LogP contribution in [-0.2, 0) is 11.2 Å². The Hall–Kier alpha value is -1.69. The lowest BCUT2D eigenvalue weighted by atomic mass is 10.1. The van der Waals surface area contributed by atoms with Gasteiger partial charge < -0.3 is 15.8 Å². The lowest BCUT2D eigenvalue weighted by molar-refractivity contribution is 0.173. The molecule has 0 amide bonds. The summed E-state index contributed by atoms with van der Waals surface area (Å²) in [6.07, 6.45) is 2.50. The molecular weight excluding hydrogens is 230 g/mol. The molecule has 100 valence electrons. The van der Waals surface area contributed by atoms with E-state index in [1.807, 2.05) is 0 Å². The van der Waals surface area contributed by atoms with E-state index in [0.717, 1.165) is 6.42 Å². The molecule has 0 aliphatic carbocycles. The highest BCUT2D eigenvalue weighted by atomic mass is 16.5. The van der Waals surface area contributed by atoms with Gasteiger partial charge in [0.1, 0.15) is 5.82 Å². The van der Waals surface area contributed by atoms with E-state index in [2.05, 4.69) is 40.7 Å². The quantitative estimate of drug-likeness (QED) is 0.534. The average Bonchev–Trinajstić information content (AvgIpc) is 2.27. The van der Waals surface area contributed by atoms with Crippen LogP contribution in [-0.4, -0.2) is 34.7 Å². The topological polar surface area (TPSA) is 86.0 Å².